The predicted octanol–water partition coefficient (Wildman–Crippen LogP) is 8.72. The molecule has 2 aliphatic rings. The number of hydrogen-bond acceptors (Lipinski definition) is 2. The Morgan fingerprint density at radius 3 is 1.35 bits per heavy atom. The fraction of sp³-hybridized carbons (Fsp3) is 0.267. The Hall–Kier alpha value is -2.52. The summed E-state index contributed by atoms with van der Waals surface area (Å²) in [5.74, 6) is 1.91. The van der Waals surface area contributed by atoms with Crippen LogP contribution in [0.5, 0.6) is 0 Å². The molecule has 0 atom stereocenters. The molecule has 0 bridgehead atoms. The normalized spacial score (nSPS) is 14.6. The number of aromatic nitrogens is 6. The maximum atomic E-state index is 6.17. The van der Waals surface area contributed by atoms with Crippen LogP contribution in [0.1, 0.15) is 36.8 Å². The second-order valence-electron chi connectivity index (χ2n) is 10.5. The fourth-order valence-corrected chi connectivity index (χ4v) is 6.68. The molecule has 2 aliphatic heterocycles. The van der Waals surface area contributed by atoms with Crippen LogP contribution in [0.25, 0.3) is 45.2 Å². The zero-order valence-electron chi connectivity index (χ0n) is 21.7. The molecule has 2 aromatic carbocycles. The van der Waals surface area contributed by atoms with E-state index in [2.05, 4.69) is 54.8 Å². The number of hydrogen-bond donors (Lipinski definition) is 0. The van der Waals surface area contributed by atoms with E-state index in [1.807, 2.05) is 24.3 Å². The molecule has 10 heteroatoms. The summed E-state index contributed by atoms with van der Waals surface area (Å²) in [6, 6.07) is 16.3. The van der Waals surface area contributed by atoms with Gasteiger partial charge in [-0.3, -0.25) is 0 Å². The maximum absolute atomic E-state index is 6.17. The van der Waals surface area contributed by atoms with Gasteiger partial charge in [-0.25, -0.2) is 9.03 Å². The van der Waals surface area contributed by atoms with E-state index >= 15 is 0 Å². The van der Waals surface area contributed by atoms with Crippen LogP contribution in [0, 0.1) is 0 Å². The highest BCUT2D eigenvalue weighted by Crippen LogP contribution is 2.38. The van der Waals surface area contributed by atoms with Gasteiger partial charge in [-0.15, -0.1) is 44.2 Å². The highest BCUT2D eigenvalue weighted by molar-refractivity contribution is 8.93. The summed E-state index contributed by atoms with van der Waals surface area (Å²) in [5.41, 5.74) is 9.98. The van der Waals surface area contributed by atoms with Crippen LogP contribution in [-0.2, 0) is 25.9 Å². The molecule has 6 heterocycles. The molecule has 4 aromatic heterocycles. The number of aryl methyl sites for hydroxylation is 4. The molecule has 8 rings (SSSR count). The largest absolute Gasteiger partial charge is 0.306 e. The van der Waals surface area contributed by atoms with E-state index in [0.29, 0.717) is 0 Å². The lowest BCUT2D eigenvalue weighted by Gasteiger charge is -2.08. The third-order valence-electron chi connectivity index (χ3n) is 8.18. The van der Waals surface area contributed by atoms with Gasteiger partial charge < -0.3 is 9.13 Å². The SMILES string of the molecule is Br.Br.Clc1ccc(-c2cn3nc(-c4nn5cc(-c6ccc(Cl)cc6)c6c5n4CCCC6)n4c3c2CCCC4)cc1. The zero-order valence-corrected chi connectivity index (χ0v) is 26.6. The second-order valence-corrected chi connectivity index (χ2v) is 11.3. The first-order valence-corrected chi connectivity index (χ1v) is 14.1. The first-order valence-electron chi connectivity index (χ1n) is 13.4. The lowest BCUT2D eigenvalue weighted by Crippen LogP contribution is -2.06. The molecule has 206 valence electrons. The van der Waals surface area contributed by atoms with Gasteiger partial charge in [-0.1, -0.05) is 47.5 Å². The summed E-state index contributed by atoms with van der Waals surface area (Å²) in [6.45, 7) is 1.89. The molecule has 0 amide bonds. The van der Waals surface area contributed by atoms with Crippen LogP contribution in [0.2, 0.25) is 10.0 Å². The third-order valence-corrected chi connectivity index (χ3v) is 8.69. The second kappa shape index (κ2) is 10.7. The van der Waals surface area contributed by atoms with Gasteiger partial charge in [0.15, 0.2) is 11.6 Å². The molecule has 0 saturated carbocycles. The first-order chi connectivity index (χ1) is 18.7. The number of nitrogens with zero attached hydrogens (tertiary/aromatic N) is 6. The Morgan fingerprint density at radius 2 is 0.950 bits per heavy atom. The molecule has 6 aromatic rings. The van der Waals surface area contributed by atoms with E-state index in [9.17, 15) is 0 Å². The Bertz CT molecular complexity index is 1710. The highest BCUT2D eigenvalue weighted by atomic mass is 79.9. The van der Waals surface area contributed by atoms with Gasteiger partial charge in [0.1, 0.15) is 11.3 Å². The minimum absolute atomic E-state index is 0. The van der Waals surface area contributed by atoms with E-state index < -0.39 is 0 Å². The minimum atomic E-state index is 0. The van der Waals surface area contributed by atoms with Gasteiger partial charge in [0.2, 0.25) is 0 Å². The Labute approximate surface area is 263 Å². The van der Waals surface area contributed by atoms with E-state index in [0.717, 1.165) is 73.3 Å². The van der Waals surface area contributed by atoms with Crippen LogP contribution in [0.3, 0.4) is 0 Å². The van der Waals surface area contributed by atoms with Gasteiger partial charge in [-0.05, 0) is 73.9 Å². The molecular formula is C30H28Br2Cl2N6. The fourth-order valence-electron chi connectivity index (χ4n) is 6.43. The molecule has 6 nitrogen and oxygen atoms in total. The van der Waals surface area contributed by atoms with Crippen molar-refractivity contribution in [1.82, 2.24) is 28.4 Å². The van der Waals surface area contributed by atoms with Crippen molar-refractivity contribution in [2.75, 3.05) is 0 Å². The van der Waals surface area contributed by atoms with Gasteiger partial charge in [0, 0.05) is 57.8 Å². The topological polar surface area (TPSA) is 44.5 Å². The van der Waals surface area contributed by atoms with Crippen molar-refractivity contribution in [3.8, 4) is 33.9 Å². The van der Waals surface area contributed by atoms with Crippen LogP contribution in [0.4, 0.5) is 0 Å². The highest BCUT2D eigenvalue weighted by Gasteiger charge is 2.28. The molecule has 0 unspecified atom stereocenters. The smallest absolute Gasteiger partial charge is 0.200 e. The summed E-state index contributed by atoms with van der Waals surface area (Å²) < 4.78 is 8.96. The van der Waals surface area contributed by atoms with E-state index in [4.69, 9.17) is 33.4 Å². The number of benzene rings is 2. The summed E-state index contributed by atoms with van der Waals surface area (Å²) in [6.07, 6.45) is 11.0. The van der Waals surface area contributed by atoms with Crippen LogP contribution in [0.15, 0.2) is 60.9 Å². The molecule has 0 saturated heterocycles. The Balaban J connectivity index is 0.00000145. The minimum Gasteiger partial charge on any atom is -0.306 e. The maximum Gasteiger partial charge on any atom is 0.200 e. The zero-order chi connectivity index (χ0) is 25.4. The van der Waals surface area contributed by atoms with E-state index in [1.54, 1.807) is 0 Å². The van der Waals surface area contributed by atoms with Crippen LogP contribution < -0.4 is 0 Å². The van der Waals surface area contributed by atoms with Crippen molar-refractivity contribution in [2.45, 2.75) is 51.6 Å². The van der Waals surface area contributed by atoms with Gasteiger partial charge in [-0.2, -0.15) is 0 Å². The predicted molar refractivity (Wildman–Crippen MR) is 173 cm³/mol. The molecule has 0 fully saturated rings. The first kappa shape index (κ1) is 27.6. The van der Waals surface area contributed by atoms with Crippen LogP contribution >= 0.6 is 57.2 Å². The number of halogens is 4. The van der Waals surface area contributed by atoms with Gasteiger partial charge in [0.05, 0.1) is 0 Å². The summed E-state index contributed by atoms with van der Waals surface area (Å²) >= 11 is 12.3. The summed E-state index contributed by atoms with van der Waals surface area (Å²) in [4.78, 5) is 0. The molecule has 40 heavy (non-hydrogen) atoms. The van der Waals surface area contributed by atoms with Crippen molar-refractivity contribution in [3.63, 3.8) is 0 Å². The average molecular weight is 703 g/mol. The van der Waals surface area contributed by atoms with Gasteiger partial charge >= 0.3 is 0 Å². The monoisotopic (exact) mass is 700 g/mol. The Kier molecular flexibility index (Phi) is 7.40. The molecule has 0 spiro atoms. The Morgan fingerprint density at radius 1 is 0.550 bits per heavy atom. The third kappa shape index (κ3) is 4.26. The quantitative estimate of drug-likeness (QED) is 0.185. The van der Waals surface area contributed by atoms with Crippen LogP contribution in [-0.4, -0.2) is 28.4 Å². The van der Waals surface area contributed by atoms with Crippen molar-refractivity contribution in [1.29, 1.82) is 0 Å². The molecule has 0 radical (unpaired) electrons. The van der Waals surface area contributed by atoms with Crippen molar-refractivity contribution >= 4 is 68.5 Å². The van der Waals surface area contributed by atoms with Crippen molar-refractivity contribution < 1.29 is 0 Å². The molecule has 0 N–H and O–H groups in total. The average Bonchev–Trinajstić information content (AvgIpc) is 3.55. The number of rotatable bonds is 3. The van der Waals surface area contributed by atoms with Gasteiger partial charge in [0.25, 0.3) is 0 Å². The summed E-state index contributed by atoms with van der Waals surface area (Å²) in [5, 5.41) is 11.8. The lowest BCUT2D eigenvalue weighted by molar-refractivity contribution is 0.625. The molecular weight excluding hydrogens is 675 g/mol. The van der Waals surface area contributed by atoms with E-state index in [-0.39, 0.29) is 34.0 Å². The summed E-state index contributed by atoms with van der Waals surface area (Å²) in [7, 11) is 0. The lowest BCUT2D eigenvalue weighted by atomic mass is 10.0. The van der Waals surface area contributed by atoms with E-state index in [1.165, 1.54) is 44.7 Å². The molecule has 0 aliphatic carbocycles. The van der Waals surface area contributed by atoms with Crippen molar-refractivity contribution in [2.24, 2.45) is 0 Å². The standard InChI is InChI=1S/C30H26Cl2N6.2BrH/c31-21-11-7-19(8-12-21)25-17-37-29-23(25)5-1-3-15-35(29)27(33-37)28-34-38-18-26(20-9-13-22(32)14-10-20)24-6-2-4-16-36(28)30(24)38;;/h7-14,17-18H,1-6,15-16H2;2*1H. The van der Waals surface area contributed by atoms with Crippen molar-refractivity contribution in [3.05, 3.63) is 82.1 Å².